The maximum Gasteiger partial charge on any atom is 0.251 e. The van der Waals surface area contributed by atoms with Crippen molar-refractivity contribution < 1.29 is 14.2 Å². The van der Waals surface area contributed by atoms with E-state index in [1.165, 1.54) is 10.5 Å². The Hall–Kier alpha value is -4.02. The van der Waals surface area contributed by atoms with Crippen molar-refractivity contribution in [3.8, 4) is 0 Å². The monoisotopic (exact) mass is 644 g/mol. The van der Waals surface area contributed by atoms with Gasteiger partial charge in [0.25, 0.3) is 5.91 Å². The molecule has 0 spiro atoms. The summed E-state index contributed by atoms with van der Waals surface area (Å²) in [6.07, 6.45) is 18.0. The lowest BCUT2D eigenvalue weighted by molar-refractivity contribution is -0.553. The second-order valence-corrected chi connectivity index (χ2v) is 12.6. The van der Waals surface area contributed by atoms with E-state index in [0.29, 0.717) is 35.6 Å². The van der Waals surface area contributed by atoms with Crippen molar-refractivity contribution >= 4 is 46.9 Å². The molecule has 1 aromatic heterocycles. The summed E-state index contributed by atoms with van der Waals surface area (Å²) in [5, 5.41) is 8.03. The third-order valence-electron chi connectivity index (χ3n) is 8.02. The molecule has 10 heteroatoms. The summed E-state index contributed by atoms with van der Waals surface area (Å²) in [7, 11) is 1.73. The van der Waals surface area contributed by atoms with Gasteiger partial charge in [-0.2, -0.15) is 0 Å². The molecule has 0 aliphatic carbocycles. The first-order valence-corrected chi connectivity index (χ1v) is 16.8. The number of nitrogens with one attached hydrogen (secondary N) is 2. The van der Waals surface area contributed by atoms with E-state index in [4.69, 9.17) is 5.73 Å². The van der Waals surface area contributed by atoms with Crippen LogP contribution in [0.2, 0.25) is 0 Å². The molecule has 246 valence electrons. The number of aryl methyl sites for hydroxylation is 1. The van der Waals surface area contributed by atoms with Crippen LogP contribution < -0.4 is 16.4 Å². The highest BCUT2D eigenvalue weighted by Crippen LogP contribution is 2.29. The lowest BCUT2D eigenvalue weighted by Gasteiger charge is -2.28. The van der Waals surface area contributed by atoms with Crippen LogP contribution >= 0.6 is 11.8 Å². The first kappa shape index (κ1) is 36.4. The molecule has 1 aromatic rings. The molecule has 3 heterocycles. The summed E-state index contributed by atoms with van der Waals surface area (Å²) >= 11 is 1.76. The number of thioether (sulfide) groups is 1. The van der Waals surface area contributed by atoms with Gasteiger partial charge in [0.15, 0.2) is 11.8 Å². The molecule has 2 amide bonds. The van der Waals surface area contributed by atoms with Crippen LogP contribution in [0.1, 0.15) is 59.6 Å². The second kappa shape index (κ2) is 18.2. The molecule has 2 aliphatic rings. The summed E-state index contributed by atoms with van der Waals surface area (Å²) in [6.45, 7) is 14.7. The summed E-state index contributed by atoms with van der Waals surface area (Å²) in [4.78, 5) is 38.1. The Kier molecular flexibility index (Phi) is 14.4. The Morgan fingerprint density at radius 3 is 2.72 bits per heavy atom. The van der Waals surface area contributed by atoms with Crippen molar-refractivity contribution in [3.05, 3.63) is 87.1 Å². The number of nitrogens with two attached hydrogens (primary N) is 1. The third-order valence-corrected chi connectivity index (χ3v) is 9.26. The van der Waals surface area contributed by atoms with Crippen LogP contribution in [0.15, 0.2) is 86.4 Å². The normalized spacial score (nSPS) is 18.4. The molecular formula is C36H50N7O2S+. The zero-order valence-electron chi connectivity index (χ0n) is 28.4. The van der Waals surface area contributed by atoms with Gasteiger partial charge in [0.2, 0.25) is 5.91 Å². The zero-order chi connectivity index (χ0) is 33.6. The van der Waals surface area contributed by atoms with Crippen molar-refractivity contribution in [1.82, 2.24) is 9.88 Å². The molecule has 1 atom stereocenters. The van der Waals surface area contributed by atoms with E-state index in [1.54, 1.807) is 43.5 Å². The minimum atomic E-state index is -0.196. The highest BCUT2D eigenvalue weighted by Gasteiger charge is 2.22. The Bertz CT molecular complexity index is 1530. The summed E-state index contributed by atoms with van der Waals surface area (Å²) in [6, 6.07) is 2.00. The number of hydrogen-bond acceptors (Lipinski definition) is 7. The fraction of sp³-hybridized carbons (Fsp3) is 0.417. The Morgan fingerprint density at radius 2 is 2.04 bits per heavy atom. The number of hydrogen-bond donors (Lipinski definition) is 3. The number of amides is 2. The molecule has 9 nitrogen and oxygen atoms in total. The van der Waals surface area contributed by atoms with Crippen LogP contribution in [-0.2, 0) is 9.59 Å². The molecule has 0 fully saturated rings. The molecule has 0 bridgehead atoms. The number of aromatic nitrogens is 1. The number of carbonyl (C=O) groups excluding carboxylic acids is 2. The molecule has 4 N–H and O–H groups in total. The smallest absolute Gasteiger partial charge is 0.251 e. The van der Waals surface area contributed by atoms with Crippen LogP contribution in [-0.4, -0.2) is 77.5 Å². The predicted molar refractivity (Wildman–Crippen MR) is 195 cm³/mol. The lowest BCUT2D eigenvalue weighted by atomic mass is 10.1. The van der Waals surface area contributed by atoms with Gasteiger partial charge in [0, 0.05) is 69.5 Å². The van der Waals surface area contributed by atoms with Crippen molar-refractivity contribution in [2.24, 2.45) is 10.7 Å². The van der Waals surface area contributed by atoms with Gasteiger partial charge in [-0.25, -0.2) is 4.58 Å². The van der Waals surface area contributed by atoms with Crippen LogP contribution in [0.25, 0.3) is 0 Å². The minimum absolute atomic E-state index is 0.104. The molecule has 0 aromatic carbocycles. The molecule has 2 aliphatic heterocycles. The quantitative estimate of drug-likeness (QED) is 0.135. The SMILES string of the molecule is C/C=C\SC1=C(C)CN(CC(=O)Nc2cnc(C)c(NC(=O)C(C)=CCC[N+]3=C(C)C=C(/C(C=NC)=C/N)C=CC3CC)c2)CC1. The van der Waals surface area contributed by atoms with E-state index in [1.807, 2.05) is 32.9 Å². The van der Waals surface area contributed by atoms with Crippen LogP contribution in [0, 0.1) is 6.92 Å². The Morgan fingerprint density at radius 1 is 1.26 bits per heavy atom. The molecule has 0 saturated heterocycles. The second-order valence-electron chi connectivity index (χ2n) is 11.6. The van der Waals surface area contributed by atoms with Gasteiger partial charge >= 0.3 is 0 Å². The zero-order valence-corrected chi connectivity index (χ0v) is 29.2. The molecule has 46 heavy (non-hydrogen) atoms. The van der Waals surface area contributed by atoms with Gasteiger partial charge in [-0.15, -0.1) is 11.8 Å². The summed E-state index contributed by atoms with van der Waals surface area (Å²) in [5.41, 5.74) is 12.6. The highest BCUT2D eigenvalue weighted by molar-refractivity contribution is 8.05. The van der Waals surface area contributed by atoms with E-state index >= 15 is 0 Å². The summed E-state index contributed by atoms with van der Waals surface area (Å²) < 4.78 is 2.35. The molecule has 0 radical (unpaired) electrons. The fourth-order valence-electron chi connectivity index (χ4n) is 5.45. The topological polar surface area (TPSA) is 116 Å². The Balaban J connectivity index is 1.61. The van der Waals surface area contributed by atoms with Gasteiger partial charge < -0.3 is 16.4 Å². The number of allylic oxidation sites excluding steroid dienone is 5. The van der Waals surface area contributed by atoms with E-state index < -0.39 is 0 Å². The van der Waals surface area contributed by atoms with Gasteiger partial charge in [-0.1, -0.05) is 25.2 Å². The van der Waals surface area contributed by atoms with Gasteiger partial charge in [-0.3, -0.25) is 24.5 Å². The fourth-order valence-corrected chi connectivity index (χ4v) is 6.23. The maximum atomic E-state index is 13.1. The number of nitrogens with zero attached hydrogens (tertiary/aromatic N) is 4. The van der Waals surface area contributed by atoms with Crippen molar-refractivity contribution in [3.63, 3.8) is 0 Å². The van der Waals surface area contributed by atoms with Crippen LogP contribution in [0.5, 0.6) is 0 Å². The van der Waals surface area contributed by atoms with Crippen molar-refractivity contribution in [2.75, 3.05) is 43.9 Å². The molecule has 0 saturated carbocycles. The lowest BCUT2D eigenvalue weighted by Crippen LogP contribution is -2.37. The van der Waals surface area contributed by atoms with E-state index in [-0.39, 0.29) is 17.9 Å². The average molecular weight is 645 g/mol. The number of rotatable bonds is 13. The van der Waals surface area contributed by atoms with Crippen molar-refractivity contribution in [1.29, 1.82) is 0 Å². The van der Waals surface area contributed by atoms with E-state index in [2.05, 4.69) is 74.5 Å². The first-order valence-electron chi connectivity index (χ1n) is 15.9. The molecule has 3 rings (SSSR count). The third kappa shape index (κ3) is 10.5. The number of carbonyl (C=O) groups is 2. The van der Waals surface area contributed by atoms with Gasteiger partial charge in [-0.05, 0) is 67.7 Å². The first-order chi connectivity index (χ1) is 22.1. The maximum absolute atomic E-state index is 13.1. The van der Waals surface area contributed by atoms with E-state index in [0.717, 1.165) is 49.3 Å². The standard InChI is InChI=1S/C36H49N7O2S/c1-8-17-46-34-14-16-42(23-26(34)4)24-35(44)40-31-19-33(28(6)39-22-31)41-36(45)25(3)11-10-15-43-27(5)18-29(12-13-32(43)9-2)30(20-37)21-38-7/h8,11-13,17-22,32,37H,9-10,14-16,23-24H2,1-7H3,(H2,40,41,44,45)/p+1/b17-8-,25-11?,38-21?. The number of anilines is 2. The minimum Gasteiger partial charge on any atom is -0.404 e. The predicted octanol–water partition coefficient (Wildman–Crippen LogP) is 6.14. The molecule has 1 unspecified atom stereocenters. The molecular weight excluding hydrogens is 595 g/mol. The Labute approximate surface area is 278 Å². The average Bonchev–Trinajstić information content (AvgIpc) is 3.18. The van der Waals surface area contributed by atoms with Gasteiger partial charge in [0.1, 0.15) is 6.54 Å². The van der Waals surface area contributed by atoms with Crippen molar-refractivity contribution in [2.45, 2.75) is 66.8 Å². The number of pyridine rings is 1. The largest absolute Gasteiger partial charge is 0.404 e. The van der Waals surface area contributed by atoms with E-state index in [9.17, 15) is 9.59 Å². The number of aliphatic imine (C=N–C) groups is 1. The summed E-state index contributed by atoms with van der Waals surface area (Å²) in [5.74, 6) is -0.300. The highest BCUT2D eigenvalue weighted by atomic mass is 32.2. The van der Waals surface area contributed by atoms with Crippen LogP contribution in [0.3, 0.4) is 0 Å². The van der Waals surface area contributed by atoms with Crippen LogP contribution in [0.4, 0.5) is 11.4 Å². The van der Waals surface area contributed by atoms with Gasteiger partial charge in [0.05, 0.1) is 29.8 Å².